The molecule has 1 fully saturated rings. The second-order valence-corrected chi connectivity index (χ2v) is 10.4. The van der Waals surface area contributed by atoms with E-state index in [4.69, 9.17) is 16.3 Å². The first-order valence-corrected chi connectivity index (χ1v) is 13.2. The van der Waals surface area contributed by atoms with Crippen LogP contribution in [-0.4, -0.2) is 42.0 Å². The highest BCUT2D eigenvalue weighted by Gasteiger charge is 2.41. The van der Waals surface area contributed by atoms with Gasteiger partial charge in [-0.25, -0.2) is 14.1 Å². The molecule has 0 spiro atoms. The van der Waals surface area contributed by atoms with Gasteiger partial charge in [-0.2, -0.15) is 28.1 Å². The lowest BCUT2D eigenvalue weighted by Crippen LogP contribution is -2.37. The van der Waals surface area contributed by atoms with E-state index < -0.39 is 23.7 Å². The fourth-order valence-electron chi connectivity index (χ4n) is 4.89. The number of hydrogen-bond acceptors (Lipinski definition) is 6. The maximum absolute atomic E-state index is 15.6. The molecule has 6 rings (SSSR count). The van der Waals surface area contributed by atoms with E-state index in [1.165, 1.54) is 31.6 Å². The number of methoxy groups -OCH3 is 1. The largest absolute Gasteiger partial charge is 0.618 e. The first-order valence-electron chi connectivity index (χ1n) is 12.8. The molecule has 0 bridgehead atoms. The van der Waals surface area contributed by atoms with Gasteiger partial charge in [0.2, 0.25) is 5.69 Å². The third-order valence-corrected chi connectivity index (χ3v) is 7.46. The SMILES string of the molecule is COc1cc(C(CC2CC2)n2cc(-c3ncnn3C)cn2)[n+]([O-])cc1-c1c(-[n+]2cc(C(F)(F)F)n[nH]2)ccc(Cl)c1F. The van der Waals surface area contributed by atoms with Crippen LogP contribution in [0.15, 0.2) is 49.3 Å². The lowest BCUT2D eigenvalue weighted by molar-refractivity contribution is -0.659. The van der Waals surface area contributed by atoms with Crippen molar-refractivity contribution in [2.75, 3.05) is 7.11 Å². The average molecular weight is 605 g/mol. The van der Waals surface area contributed by atoms with E-state index in [1.807, 2.05) is 0 Å². The number of rotatable bonds is 8. The number of pyridine rings is 1. The Kier molecular flexibility index (Phi) is 6.83. The minimum absolute atomic E-state index is 0.0210. The molecule has 11 nitrogen and oxygen atoms in total. The molecule has 1 saturated carbocycles. The number of aryl methyl sites for hydroxylation is 1. The third kappa shape index (κ3) is 5.04. The smallest absolute Gasteiger partial charge is 0.464 e. The average Bonchev–Trinajstić information content (AvgIpc) is 3.31. The normalized spacial score (nSPS) is 14.4. The highest BCUT2D eigenvalue weighted by molar-refractivity contribution is 6.31. The van der Waals surface area contributed by atoms with Gasteiger partial charge in [0.05, 0.1) is 46.2 Å². The van der Waals surface area contributed by atoms with Gasteiger partial charge in [-0.3, -0.25) is 4.68 Å². The maximum atomic E-state index is 15.6. The van der Waals surface area contributed by atoms with Crippen LogP contribution >= 0.6 is 11.6 Å². The molecule has 4 heterocycles. The molecular weight excluding hydrogens is 582 g/mol. The van der Waals surface area contributed by atoms with Gasteiger partial charge in [-0.1, -0.05) is 29.7 Å². The molecule has 4 aromatic heterocycles. The molecule has 0 radical (unpaired) electrons. The molecule has 42 heavy (non-hydrogen) atoms. The van der Waals surface area contributed by atoms with Crippen LogP contribution in [0.2, 0.25) is 5.02 Å². The molecule has 1 aliphatic carbocycles. The monoisotopic (exact) mass is 604 g/mol. The van der Waals surface area contributed by atoms with Crippen LogP contribution in [0, 0.1) is 16.9 Å². The fourth-order valence-corrected chi connectivity index (χ4v) is 5.05. The minimum atomic E-state index is -4.74. The van der Waals surface area contributed by atoms with Crippen molar-refractivity contribution in [1.82, 2.24) is 34.9 Å². The van der Waals surface area contributed by atoms with Crippen LogP contribution in [0.4, 0.5) is 17.6 Å². The summed E-state index contributed by atoms with van der Waals surface area (Å²) in [6.07, 6.45) is 4.55. The van der Waals surface area contributed by atoms with Gasteiger partial charge in [-0.05, 0) is 24.5 Å². The summed E-state index contributed by atoms with van der Waals surface area (Å²) < 4.78 is 65.7. The van der Waals surface area contributed by atoms with Gasteiger partial charge in [0, 0.05) is 13.2 Å². The van der Waals surface area contributed by atoms with Crippen molar-refractivity contribution in [2.45, 2.75) is 31.5 Å². The van der Waals surface area contributed by atoms with Gasteiger partial charge in [0.15, 0.2) is 29.7 Å². The van der Waals surface area contributed by atoms with Crippen LogP contribution in [0.3, 0.4) is 0 Å². The Balaban J connectivity index is 1.47. The Morgan fingerprint density at radius 3 is 2.67 bits per heavy atom. The number of H-pyrrole nitrogens is 1. The summed E-state index contributed by atoms with van der Waals surface area (Å²) in [6, 6.07) is 3.50. The fraction of sp³-hybridized carbons (Fsp3) is 0.308. The van der Waals surface area contributed by atoms with Crippen molar-refractivity contribution in [3.8, 4) is 34.0 Å². The van der Waals surface area contributed by atoms with E-state index in [1.54, 1.807) is 28.8 Å². The topological polar surface area (TPSA) is 117 Å². The van der Waals surface area contributed by atoms with Crippen molar-refractivity contribution in [1.29, 1.82) is 0 Å². The number of hydrogen-bond donors (Lipinski definition) is 1. The second-order valence-electron chi connectivity index (χ2n) is 9.97. The number of nitrogens with zero attached hydrogens (tertiary/aromatic N) is 8. The molecule has 1 unspecified atom stereocenters. The van der Waals surface area contributed by atoms with Crippen molar-refractivity contribution in [3.05, 3.63) is 76.7 Å². The predicted molar refractivity (Wildman–Crippen MR) is 139 cm³/mol. The van der Waals surface area contributed by atoms with Gasteiger partial charge >= 0.3 is 11.9 Å². The van der Waals surface area contributed by atoms with Crippen LogP contribution in [0.1, 0.15) is 36.7 Å². The third-order valence-electron chi connectivity index (χ3n) is 7.17. The van der Waals surface area contributed by atoms with Gasteiger partial charge in [0.1, 0.15) is 18.1 Å². The van der Waals surface area contributed by atoms with Crippen LogP contribution in [0.5, 0.6) is 5.75 Å². The number of benzene rings is 1. The van der Waals surface area contributed by atoms with Gasteiger partial charge in [0.25, 0.3) is 0 Å². The molecule has 0 amide bonds. The van der Waals surface area contributed by atoms with E-state index in [9.17, 15) is 18.4 Å². The summed E-state index contributed by atoms with van der Waals surface area (Å²) in [5.74, 6) is 0.144. The van der Waals surface area contributed by atoms with Crippen LogP contribution in [-0.2, 0) is 13.2 Å². The standard InChI is InChI=1S/C26H22ClF4N9O2/c1-37-25(32-13-34-37)15-9-33-38(10-15)19(7-14-3-4-14)20-8-21(42-2)16(11-40(20)41)23-18(6-5-17(27)24(23)28)39-12-22(35-36-39)26(29,30)31/h5-6,8-14,19H,3-4,7H2,1-2H3/p+1. The number of halogens is 5. The number of alkyl halides is 3. The molecular formula is C26H23ClF4N9O2+. The quantitative estimate of drug-likeness (QED) is 0.161. The first-order chi connectivity index (χ1) is 20.0. The van der Waals surface area contributed by atoms with Crippen LogP contribution in [0.25, 0.3) is 28.2 Å². The molecule has 1 N–H and O–H groups in total. The minimum Gasteiger partial charge on any atom is -0.618 e. The molecule has 0 aliphatic heterocycles. The van der Waals surface area contributed by atoms with E-state index in [2.05, 4.69) is 25.5 Å². The Hall–Kier alpha value is -4.53. The first kappa shape index (κ1) is 27.6. The summed E-state index contributed by atoms with van der Waals surface area (Å²) in [5, 5.41) is 27.4. The highest BCUT2D eigenvalue weighted by atomic mass is 35.5. The molecule has 5 aromatic rings. The van der Waals surface area contributed by atoms with E-state index in [-0.39, 0.29) is 33.3 Å². The molecule has 0 saturated heterocycles. The van der Waals surface area contributed by atoms with Crippen molar-refractivity contribution < 1.29 is 31.7 Å². The lowest BCUT2D eigenvalue weighted by atomic mass is 10.0. The maximum Gasteiger partial charge on any atom is 0.464 e. The number of nitrogens with one attached hydrogen (secondary N) is 1. The molecule has 218 valence electrons. The summed E-state index contributed by atoms with van der Waals surface area (Å²) in [4.78, 5) is 4.25. The Morgan fingerprint density at radius 1 is 1.24 bits per heavy atom. The highest BCUT2D eigenvalue weighted by Crippen LogP contribution is 2.41. The predicted octanol–water partition coefficient (Wildman–Crippen LogP) is 4.19. The van der Waals surface area contributed by atoms with Gasteiger partial charge < -0.3 is 9.94 Å². The Bertz CT molecular complexity index is 1780. The molecule has 1 aliphatic rings. The lowest BCUT2D eigenvalue weighted by Gasteiger charge is -2.19. The van der Waals surface area contributed by atoms with E-state index >= 15 is 4.39 Å². The molecule has 16 heteroatoms. The Labute approximate surface area is 240 Å². The number of aromatic amines is 1. The molecule has 1 atom stereocenters. The number of ether oxygens (including phenoxy) is 1. The summed E-state index contributed by atoms with van der Waals surface area (Å²) in [5.41, 5.74) is -0.564. The Morgan fingerprint density at radius 2 is 2.02 bits per heavy atom. The van der Waals surface area contributed by atoms with Crippen LogP contribution < -0.4 is 14.1 Å². The summed E-state index contributed by atoms with van der Waals surface area (Å²) in [7, 11) is 3.10. The van der Waals surface area contributed by atoms with Crippen molar-refractivity contribution in [2.24, 2.45) is 13.0 Å². The summed E-state index contributed by atoms with van der Waals surface area (Å²) >= 11 is 6.08. The van der Waals surface area contributed by atoms with E-state index in [0.29, 0.717) is 34.7 Å². The van der Waals surface area contributed by atoms with E-state index in [0.717, 1.165) is 23.7 Å². The molecule has 1 aromatic carbocycles. The van der Waals surface area contributed by atoms with Crippen molar-refractivity contribution in [3.63, 3.8) is 0 Å². The zero-order valence-corrected chi connectivity index (χ0v) is 22.9. The van der Waals surface area contributed by atoms with Crippen molar-refractivity contribution >= 4 is 11.6 Å². The zero-order valence-electron chi connectivity index (χ0n) is 22.2. The second kappa shape index (κ2) is 10.4. The number of aromatic nitrogens is 9. The zero-order chi connectivity index (χ0) is 29.8. The van der Waals surface area contributed by atoms with Gasteiger partial charge in [-0.15, -0.1) is 4.68 Å². The summed E-state index contributed by atoms with van der Waals surface area (Å²) in [6.45, 7) is 0.